The van der Waals surface area contributed by atoms with Crippen molar-refractivity contribution in [3.05, 3.63) is 70.3 Å². The van der Waals surface area contributed by atoms with Gasteiger partial charge in [0.1, 0.15) is 0 Å². The van der Waals surface area contributed by atoms with E-state index in [0.29, 0.717) is 12.0 Å². The summed E-state index contributed by atoms with van der Waals surface area (Å²) in [5, 5.41) is 0. The Morgan fingerprint density at radius 1 is 0.957 bits per heavy atom. The predicted molar refractivity (Wildman–Crippen MR) is 92.9 cm³/mol. The first-order valence-corrected chi connectivity index (χ1v) is 8.55. The van der Waals surface area contributed by atoms with Gasteiger partial charge in [-0.05, 0) is 54.9 Å². The van der Waals surface area contributed by atoms with Crippen molar-refractivity contribution in [3.8, 4) is 0 Å². The normalized spacial score (nSPS) is 12.4. The van der Waals surface area contributed by atoms with Crippen LogP contribution in [0, 0.1) is 18.6 Å². The van der Waals surface area contributed by atoms with Crippen LogP contribution in [0.25, 0.3) is 0 Å². The zero-order valence-electron chi connectivity index (χ0n) is 14.3. The van der Waals surface area contributed by atoms with Crippen LogP contribution in [0.15, 0.2) is 36.4 Å². The monoisotopic (exact) mass is 316 g/mol. The molecule has 1 atom stereocenters. The number of hydrogen-bond donors (Lipinski definition) is 0. The first-order chi connectivity index (χ1) is 11.0. The van der Waals surface area contributed by atoms with Crippen molar-refractivity contribution in [1.82, 2.24) is 0 Å². The van der Waals surface area contributed by atoms with E-state index in [-0.39, 0.29) is 5.92 Å². The van der Waals surface area contributed by atoms with E-state index < -0.39 is 11.6 Å². The van der Waals surface area contributed by atoms with E-state index in [2.05, 4.69) is 38.1 Å². The van der Waals surface area contributed by atoms with Gasteiger partial charge in [0.2, 0.25) is 0 Å². The van der Waals surface area contributed by atoms with Gasteiger partial charge in [0.25, 0.3) is 0 Å². The van der Waals surface area contributed by atoms with Crippen LogP contribution < -0.4 is 0 Å². The zero-order chi connectivity index (χ0) is 16.8. The van der Waals surface area contributed by atoms with Gasteiger partial charge < -0.3 is 0 Å². The molecule has 0 aliphatic heterocycles. The second-order valence-corrected chi connectivity index (χ2v) is 6.46. The van der Waals surface area contributed by atoms with Crippen LogP contribution in [0.2, 0.25) is 0 Å². The fraction of sp³-hybridized carbons (Fsp3) is 0.429. The molecule has 2 aromatic rings. The molecule has 0 aliphatic carbocycles. The molecule has 2 aromatic carbocycles. The SMILES string of the molecule is CCCCC(C)c1ccc(F)c(F)c1CCc1ccc(C)cc1. The van der Waals surface area contributed by atoms with Crippen molar-refractivity contribution < 1.29 is 8.78 Å². The molecule has 0 amide bonds. The molecular formula is C21H26F2. The van der Waals surface area contributed by atoms with Crippen LogP contribution in [-0.2, 0) is 12.8 Å². The quantitative estimate of drug-likeness (QED) is 0.558. The van der Waals surface area contributed by atoms with Crippen LogP contribution in [0.4, 0.5) is 8.78 Å². The zero-order valence-corrected chi connectivity index (χ0v) is 14.3. The largest absolute Gasteiger partial charge is 0.204 e. The Balaban J connectivity index is 2.21. The summed E-state index contributed by atoms with van der Waals surface area (Å²) >= 11 is 0. The van der Waals surface area contributed by atoms with E-state index in [0.717, 1.165) is 36.8 Å². The van der Waals surface area contributed by atoms with Gasteiger partial charge in [-0.1, -0.05) is 62.6 Å². The maximum absolute atomic E-state index is 14.3. The molecule has 0 bridgehead atoms. The third kappa shape index (κ3) is 4.63. The average molecular weight is 316 g/mol. The molecule has 124 valence electrons. The summed E-state index contributed by atoms with van der Waals surface area (Å²) in [6.07, 6.45) is 4.51. The van der Waals surface area contributed by atoms with Gasteiger partial charge in [-0.15, -0.1) is 0 Å². The van der Waals surface area contributed by atoms with E-state index in [1.165, 1.54) is 11.6 Å². The lowest BCUT2D eigenvalue weighted by Gasteiger charge is -2.17. The van der Waals surface area contributed by atoms with Crippen molar-refractivity contribution in [2.45, 2.75) is 58.8 Å². The summed E-state index contributed by atoms with van der Waals surface area (Å²) in [6, 6.07) is 11.3. The average Bonchev–Trinajstić information content (AvgIpc) is 2.55. The van der Waals surface area contributed by atoms with E-state index in [1.807, 2.05) is 6.92 Å². The lowest BCUT2D eigenvalue weighted by molar-refractivity contribution is 0.492. The summed E-state index contributed by atoms with van der Waals surface area (Å²) in [5.74, 6) is -1.15. The van der Waals surface area contributed by atoms with Crippen LogP contribution in [-0.4, -0.2) is 0 Å². The second-order valence-electron chi connectivity index (χ2n) is 6.46. The maximum atomic E-state index is 14.3. The highest BCUT2D eigenvalue weighted by Gasteiger charge is 2.17. The number of unbranched alkanes of at least 4 members (excludes halogenated alkanes) is 1. The van der Waals surface area contributed by atoms with Gasteiger partial charge in [-0.25, -0.2) is 8.78 Å². The molecule has 1 unspecified atom stereocenters. The Hall–Kier alpha value is -1.70. The predicted octanol–water partition coefficient (Wildman–Crippen LogP) is 6.35. The molecule has 2 heteroatoms. The molecule has 23 heavy (non-hydrogen) atoms. The molecule has 0 nitrogen and oxygen atoms in total. The molecule has 0 fully saturated rings. The van der Waals surface area contributed by atoms with E-state index in [1.54, 1.807) is 6.07 Å². The van der Waals surface area contributed by atoms with Gasteiger partial charge in [0.15, 0.2) is 11.6 Å². The third-order valence-electron chi connectivity index (χ3n) is 4.54. The molecule has 0 saturated carbocycles. The van der Waals surface area contributed by atoms with Gasteiger partial charge in [-0.2, -0.15) is 0 Å². The summed E-state index contributed by atoms with van der Waals surface area (Å²) < 4.78 is 28.0. The first-order valence-electron chi connectivity index (χ1n) is 8.55. The smallest absolute Gasteiger partial charge is 0.162 e. The lowest BCUT2D eigenvalue weighted by Crippen LogP contribution is -2.06. The number of benzene rings is 2. The van der Waals surface area contributed by atoms with Crippen LogP contribution in [0.5, 0.6) is 0 Å². The number of halogens is 2. The molecule has 0 aromatic heterocycles. The van der Waals surface area contributed by atoms with Crippen molar-refractivity contribution in [3.63, 3.8) is 0 Å². The lowest BCUT2D eigenvalue weighted by atomic mass is 9.88. The molecule has 0 saturated heterocycles. The standard InChI is InChI=1S/C21H26F2/c1-4-5-6-16(3)18-13-14-20(22)21(23)19(18)12-11-17-9-7-15(2)8-10-17/h7-10,13-14,16H,4-6,11-12H2,1-3H3. The van der Waals surface area contributed by atoms with Crippen molar-refractivity contribution >= 4 is 0 Å². The van der Waals surface area contributed by atoms with Crippen molar-refractivity contribution in [2.24, 2.45) is 0 Å². The van der Waals surface area contributed by atoms with Gasteiger partial charge in [0.05, 0.1) is 0 Å². The molecular weight excluding hydrogens is 290 g/mol. The Bertz CT molecular complexity index is 629. The summed E-state index contributed by atoms with van der Waals surface area (Å²) in [4.78, 5) is 0. The summed E-state index contributed by atoms with van der Waals surface area (Å²) in [6.45, 7) is 6.30. The number of rotatable bonds is 7. The highest BCUT2D eigenvalue weighted by Crippen LogP contribution is 2.29. The molecule has 2 rings (SSSR count). The minimum Gasteiger partial charge on any atom is -0.204 e. The van der Waals surface area contributed by atoms with Crippen molar-refractivity contribution in [2.75, 3.05) is 0 Å². The van der Waals surface area contributed by atoms with E-state index in [4.69, 9.17) is 0 Å². The van der Waals surface area contributed by atoms with Crippen molar-refractivity contribution in [1.29, 1.82) is 0 Å². The Kier molecular flexibility index (Phi) is 6.32. The van der Waals surface area contributed by atoms with E-state index >= 15 is 0 Å². The van der Waals surface area contributed by atoms with E-state index in [9.17, 15) is 8.78 Å². The topological polar surface area (TPSA) is 0 Å². The molecule has 0 spiro atoms. The Morgan fingerprint density at radius 3 is 2.30 bits per heavy atom. The van der Waals surface area contributed by atoms with Crippen LogP contribution in [0.3, 0.4) is 0 Å². The highest BCUT2D eigenvalue weighted by atomic mass is 19.2. The fourth-order valence-corrected chi connectivity index (χ4v) is 3.01. The number of hydrogen-bond acceptors (Lipinski definition) is 0. The highest BCUT2D eigenvalue weighted by molar-refractivity contribution is 5.33. The van der Waals surface area contributed by atoms with Crippen LogP contribution in [0.1, 0.15) is 61.3 Å². The van der Waals surface area contributed by atoms with Crippen LogP contribution >= 0.6 is 0 Å². The second kappa shape index (κ2) is 8.24. The molecule has 0 N–H and O–H groups in total. The Morgan fingerprint density at radius 2 is 1.65 bits per heavy atom. The van der Waals surface area contributed by atoms with Gasteiger partial charge in [-0.3, -0.25) is 0 Å². The Labute approximate surface area is 138 Å². The van der Waals surface area contributed by atoms with Gasteiger partial charge in [0, 0.05) is 0 Å². The number of aryl methyl sites for hydroxylation is 2. The summed E-state index contributed by atoms with van der Waals surface area (Å²) in [7, 11) is 0. The fourth-order valence-electron chi connectivity index (χ4n) is 3.01. The van der Waals surface area contributed by atoms with Gasteiger partial charge >= 0.3 is 0 Å². The minimum atomic E-state index is -0.740. The first kappa shape index (κ1) is 17.7. The third-order valence-corrected chi connectivity index (χ3v) is 4.54. The molecule has 0 aliphatic rings. The maximum Gasteiger partial charge on any atom is 0.162 e. The molecule has 0 heterocycles. The minimum absolute atomic E-state index is 0.262. The summed E-state index contributed by atoms with van der Waals surface area (Å²) in [5.41, 5.74) is 3.88. The molecule has 0 radical (unpaired) electrons.